The molecule has 1 amide bonds. The topological polar surface area (TPSA) is 117 Å². The summed E-state index contributed by atoms with van der Waals surface area (Å²) >= 11 is 0. The minimum atomic E-state index is -2.25. The van der Waals surface area contributed by atoms with Gasteiger partial charge in [0.25, 0.3) is 0 Å². The van der Waals surface area contributed by atoms with Crippen molar-refractivity contribution in [2.45, 2.75) is 142 Å². The maximum absolute atomic E-state index is 13.6. The molecule has 1 saturated heterocycles. The van der Waals surface area contributed by atoms with Crippen LogP contribution in [0.5, 0.6) is 0 Å². The summed E-state index contributed by atoms with van der Waals surface area (Å²) in [6.07, 6.45) is -0.416. The summed E-state index contributed by atoms with van der Waals surface area (Å²) in [6.45, 7) is 25.4. The number of nitrogens with two attached hydrogens (primary N) is 1. The number of rotatable bonds is 10. The standard InChI is InChI=1S/C28H54N2O7Si/c1-17(2)38(18(3)4,19(5)6)35-16-22(29)24-21(15-34-20(7)31)14-23(25(32)36-27(8,9)10)30(24)26(33)37-28(11,12)13/h17-19,21-24H,14-16,29H2,1-13H3/t21-,22-,23+,24+/m0/s1. The predicted octanol–water partition coefficient (Wildman–Crippen LogP) is 5.40. The van der Waals surface area contributed by atoms with Crippen LogP contribution < -0.4 is 5.73 Å². The van der Waals surface area contributed by atoms with Crippen LogP contribution in [-0.2, 0) is 28.2 Å². The van der Waals surface area contributed by atoms with Gasteiger partial charge in [-0.3, -0.25) is 9.69 Å². The van der Waals surface area contributed by atoms with Gasteiger partial charge in [-0.2, -0.15) is 0 Å². The van der Waals surface area contributed by atoms with Crippen LogP contribution >= 0.6 is 0 Å². The van der Waals surface area contributed by atoms with Crippen molar-refractivity contribution in [3.63, 3.8) is 0 Å². The number of esters is 2. The molecule has 2 N–H and O–H groups in total. The van der Waals surface area contributed by atoms with E-state index in [4.69, 9.17) is 24.4 Å². The third-order valence-corrected chi connectivity index (χ3v) is 13.2. The molecule has 0 aliphatic carbocycles. The zero-order valence-electron chi connectivity index (χ0n) is 26.0. The summed E-state index contributed by atoms with van der Waals surface area (Å²) in [6, 6.07) is -2.22. The molecular weight excluding hydrogens is 504 g/mol. The summed E-state index contributed by atoms with van der Waals surface area (Å²) in [7, 11) is -2.25. The molecule has 0 unspecified atom stereocenters. The molecule has 0 aromatic rings. The van der Waals surface area contributed by atoms with Crippen molar-refractivity contribution >= 4 is 26.3 Å². The molecule has 0 aromatic heterocycles. The van der Waals surface area contributed by atoms with Crippen LogP contribution in [0.3, 0.4) is 0 Å². The molecule has 4 atom stereocenters. The highest BCUT2D eigenvalue weighted by Gasteiger charge is 2.53. The number of likely N-dealkylation sites (tertiary alicyclic amines) is 1. The van der Waals surface area contributed by atoms with Gasteiger partial charge in [0.2, 0.25) is 0 Å². The first kappa shape index (κ1) is 34.4. The average Bonchev–Trinajstić information content (AvgIpc) is 3.09. The smallest absolute Gasteiger partial charge is 0.411 e. The largest absolute Gasteiger partial charge is 0.465 e. The number of carbonyl (C=O) groups excluding carboxylic acids is 3. The van der Waals surface area contributed by atoms with Crippen LogP contribution in [-0.4, -0.2) is 73.8 Å². The molecule has 1 heterocycles. The molecule has 0 aromatic carbocycles. The zero-order valence-corrected chi connectivity index (χ0v) is 27.0. The van der Waals surface area contributed by atoms with Crippen molar-refractivity contribution in [2.24, 2.45) is 11.7 Å². The first-order valence-electron chi connectivity index (χ1n) is 13.9. The van der Waals surface area contributed by atoms with Gasteiger partial charge in [-0.05, 0) is 64.6 Å². The van der Waals surface area contributed by atoms with Gasteiger partial charge >= 0.3 is 18.0 Å². The van der Waals surface area contributed by atoms with Crippen LogP contribution in [0.15, 0.2) is 0 Å². The predicted molar refractivity (Wildman–Crippen MR) is 151 cm³/mol. The number of ether oxygens (including phenoxy) is 3. The molecule has 1 rings (SSSR count). The SMILES string of the molecule is CC(=O)OC[C@@H]1C[C@H](C(=O)OC(C)(C)C)N(C(=O)OC(C)(C)C)[C@H]1[C@@H](N)CO[Si](C(C)C)(C(C)C)C(C)C. The van der Waals surface area contributed by atoms with Gasteiger partial charge in [0.1, 0.15) is 17.2 Å². The van der Waals surface area contributed by atoms with Gasteiger partial charge in [-0.15, -0.1) is 0 Å². The Kier molecular flexibility index (Phi) is 11.9. The van der Waals surface area contributed by atoms with Crippen molar-refractivity contribution < 1.29 is 33.0 Å². The van der Waals surface area contributed by atoms with Gasteiger partial charge in [-0.1, -0.05) is 41.5 Å². The molecule has 1 aliphatic rings. The number of amides is 1. The Hall–Kier alpha value is -1.65. The Bertz CT molecular complexity index is 795. The number of carbonyl (C=O) groups is 3. The fraction of sp³-hybridized carbons (Fsp3) is 0.893. The van der Waals surface area contributed by atoms with Gasteiger partial charge in [0, 0.05) is 18.9 Å². The Morgan fingerprint density at radius 1 is 0.895 bits per heavy atom. The molecule has 0 radical (unpaired) electrons. The summed E-state index contributed by atoms with van der Waals surface area (Å²) in [4.78, 5) is 40.0. The maximum Gasteiger partial charge on any atom is 0.411 e. The molecular formula is C28H54N2O7Si. The monoisotopic (exact) mass is 558 g/mol. The second-order valence-corrected chi connectivity index (χ2v) is 19.0. The lowest BCUT2D eigenvalue weighted by molar-refractivity contribution is -0.160. The van der Waals surface area contributed by atoms with E-state index in [2.05, 4.69) is 41.5 Å². The van der Waals surface area contributed by atoms with Crippen LogP contribution in [0.2, 0.25) is 16.6 Å². The first-order chi connectivity index (χ1) is 17.1. The molecule has 38 heavy (non-hydrogen) atoms. The molecule has 9 nitrogen and oxygen atoms in total. The number of hydrogen-bond donors (Lipinski definition) is 1. The Morgan fingerprint density at radius 3 is 1.76 bits per heavy atom. The highest BCUT2D eigenvalue weighted by atomic mass is 28.4. The zero-order chi connectivity index (χ0) is 29.8. The summed E-state index contributed by atoms with van der Waals surface area (Å²) in [5.41, 5.74) is 6.34. The molecule has 0 saturated carbocycles. The first-order valence-corrected chi connectivity index (χ1v) is 16.0. The second kappa shape index (κ2) is 13.1. The molecule has 0 spiro atoms. The van der Waals surface area contributed by atoms with E-state index in [0.29, 0.717) is 16.6 Å². The minimum Gasteiger partial charge on any atom is -0.465 e. The summed E-state index contributed by atoms with van der Waals surface area (Å²) < 4.78 is 23.6. The third-order valence-electron chi connectivity index (χ3n) is 7.12. The van der Waals surface area contributed by atoms with Crippen molar-refractivity contribution in [3.8, 4) is 0 Å². The van der Waals surface area contributed by atoms with Crippen molar-refractivity contribution in [1.82, 2.24) is 4.90 Å². The minimum absolute atomic E-state index is 0.0212. The Labute approximate surface area is 231 Å². The Balaban J connectivity index is 3.49. The van der Waals surface area contributed by atoms with E-state index in [9.17, 15) is 14.4 Å². The fourth-order valence-corrected chi connectivity index (χ4v) is 11.4. The van der Waals surface area contributed by atoms with E-state index >= 15 is 0 Å². The van der Waals surface area contributed by atoms with Crippen molar-refractivity contribution in [3.05, 3.63) is 0 Å². The molecule has 0 bridgehead atoms. The molecule has 1 fully saturated rings. The van der Waals surface area contributed by atoms with E-state index in [1.165, 1.54) is 11.8 Å². The third kappa shape index (κ3) is 8.94. The van der Waals surface area contributed by atoms with Crippen molar-refractivity contribution in [2.75, 3.05) is 13.2 Å². The second-order valence-electron chi connectivity index (χ2n) is 13.5. The summed E-state index contributed by atoms with van der Waals surface area (Å²) in [5, 5.41) is 0. The highest BCUT2D eigenvalue weighted by Crippen LogP contribution is 2.43. The van der Waals surface area contributed by atoms with Gasteiger partial charge in [0.05, 0.1) is 19.3 Å². The lowest BCUT2D eigenvalue weighted by Gasteiger charge is -2.44. The lowest BCUT2D eigenvalue weighted by Crippen LogP contribution is -2.58. The van der Waals surface area contributed by atoms with Crippen LogP contribution in [0.1, 0.15) is 96.4 Å². The molecule has 1 aliphatic heterocycles. The number of hydrogen-bond acceptors (Lipinski definition) is 8. The van der Waals surface area contributed by atoms with Gasteiger partial charge in [0.15, 0.2) is 8.32 Å². The van der Waals surface area contributed by atoms with Crippen LogP contribution in [0.25, 0.3) is 0 Å². The fourth-order valence-electron chi connectivity index (χ4n) is 5.90. The van der Waals surface area contributed by atoms with E-state index in [-0.39, 0.29) is 19.6 Å². The quantitative estimate of drug-likeness (QED) is 0.215. The Morgan fingerprint density at radius 2 is 1.37 bits per heavy atom. The van der Waals surface area contributed by atoms with E-state index in [1.807, 2.05) is 0 Å². The molecule has 222 valence electrons. The lowest BCUT2D eigenvalue weighted by atomic mass is 9.94. The van der Waals surface area contributed by atoms with Crippen molar-refractivity contribution in [1.29, 1.82) is 0 Å². The van der Waals surface area contributed by atoms with E-state index in [1.54, 1.807) is 41.5 Å². The van der Waals surface area contributed by atoms with E-state index in [0.717, 1.165) is 0 Å². The number of nitrogens with zero attached hydrogens (tertiary/aromatic N) is 1. The van der Waals surface area contributed by atoms with E-state index < -0.39 is 61.6 Å². The summed E-state index contributed by atoms with van der Waals surface area (Å²) in [5.74, 6) is -1.37. The van der Waals surface area contributed by atoms with Crippen LogP contribution in [0.4, 0.5) is 4.79 Å². The maximum atomic E-state index is 13.6. The van der Waals surface area contributed by atoms with Gasteiger partial charge < -0.3 is 24.4 Å². The normalized spacial score (nSPS) is 21.7. The van der Waals surface area contributed by atoms with Crippen LogP contribution in [0, 0.1) is 5.92 Å². The average molecular weight is 559 g/mol. The molecule has 10 heteroatoms. The van der Waals surface area contributed by atoms with Gasteiger partial charge in [-0.25, -0.2) is 9.59 Å². The highest BCUT2D eigenvalue weighted by molar-refractivity contribution is 6.77.